The molecule has 0 radical (unpaired) electrons. The summed E-state index contributed by atoms with van der Waals surface area (Å²) < 4.78 is 24.0. The van der Waals surface area contributed by atoms with E-state index in [1.807, 2.05) is 36.4 Å². The molecule has 1 amide bonds. The Labute approximate surface area is 320 Å². The van der Waals surface area contributed by atoms with E-state index in [4.69, 9.17) is 39.0 Å². The zero-order chi connectivity index (χ0) is 39.4. The Balaban J connectivity index is 1.33. The van der Waals surface area contributed by atoms with Crippen molar-refractivity contribution in [1.82, 2.24) is 20.7 Å². The Bertz CT molecular complexity index is 2240. The average Bonchev–Trinajstić information content (AvgIpc) is 3.60. The quantitative estimate of drug-likeness (QED) is 0.0463. The molecule has 0 fully saturated rings. The standard InChI is InChI=1S/C40H40N4O12/c1-51-35-18-8-9-19-36(35)52-22-21-42(39(45)30-13-4-2-11-27(30)24-54-43(47)48)23-29(56-40(46)31-14-5-3-12-28(31)25-55-44(49)50)26-53-37-20-10-17-34-38(37)32-15-6-7-16-33(32)41-34/h2-20,29,41,47-50H,21-26H2,1H3. The van der Waals surface area contributed by atoms with Crippen LogP contribution in [0.4, 0.5) is 0 Å². The number of hydrogen-bond acceptors (Lipinski definition) is 14. The summed E-state index contributed by atoms with van der Waals surface area (Å²) in [6.07, 6.45) is -1.09. The molecule has 0 aliphatic rings. The summed E-state index contributed by atoms with van der Waals surface area (Å²) in [5, 5.41) is 37.5. The number of fused-ring (bicyclic) bond motifs is 3. The van der Waals surface area contributed by atoms with Crippen molar-refractivity contribution >= 4 is 33.7 Å². The molecule has 1 aromatic heterocycles. The topological polar surface area (TPSA) is 196 Å². The van der Waals surface area contributed by atoms with Crippen LogP contribution in [0.3, 0.4) is 0 Å². The first kappa shape index (κ1) is 39.6. The van der Waals surface area contributed by atoms with E-state index in [-0.39, 0.29) is 50.6 Å². The molecule has 56 heavy (non-hydrogen) atoms. The molecule has 0 spiro atoms. The Hall–Kier alpha value is -6.08. The van der Waals surface area contributed by atoms with E-state index in [2.05, 4.69) is 4.98 Å². The second-order valence-corrected chi connectivity index (χ2v) is 12.3. The largest absolute Gasteiger partial charge is 0.493 e. The van der Waals surface area contributed by atoms with Crippen molar-refractivity contribution in [3.63, 3.8) is 0 Å². The summed E-state index contributed by atoms with van der Waals surface area (Å²) in [7, 11) is 1.51. The summed E-state index contributed by atoms with van der Waals surface area (Å²) in [4.78, 5) is 42.7. The Morgan fingerprint density at radius 2 is 1.25 bits per heavy atom. The van der Waals surface area contributed by atoms with Crippen molar-refractivity contribution in [2.24, 2.45) is 0 Å². The fraction of sp³-hybridized carbons (Fsp3) is 0.200. The number of nitrogens with zero attached hydrogens (tertiary/aromatic N) is 3. The molecule has 0 bridgehead atoms. The molecule has 1 heterocycles. The second kappa shape index (κ2) is 19.0. The fourth-order valence-corrected chi connectivity index (χ4v) is 6.16. The van der Waals surface area contributed by atoms with Crippen LogP contribution in [0.15, 0.2) is 115 Å². The van der Waals surface area contributed by atoms with E-state index < -0.39 is 28.8 Å². The number of nitrogens with one attached hydrogen (secondary N) is 1. The summed E-state index contributed by atoms with van der Waals surface area (Å²) in [5.74, 6) is 0.157. The van der Waals surface area contributed by atoms with Gasteiger partial charge in [-0.05, 0) is 53.6 Å². The molecule has 16 heteroatoms. The monoisotopic (exact) mass is 768 g/mol. The summed E-state index contributed by atoms with van der Waals surface area (Å²) in [5.41, 5.74) is 2.64. The highest BCUT2D eigenvalue weighted by Gasteiger charge is 2.27. The van der Waals surface area contributed by atoms with Crippen LogP contribution in [0.2, 0.25) is 0 Å². The summed E-state index contributed by atoms with van der Waals surface area (Å²) >= 11 is 0. The van der Waals surface area contributed by atoms with Gasteiger partial charge in [0.1, 0.15) is 19.0 Å². The van der Waals surface area contributed by atoms with Gasteiger partial charge >= 0.3 is 5.97 Å². The first-order valence-corrected chi connectivity index (χ1v) is 17.4. The molecule has 0 aliphatic heterocycles. The second-order valence-electron chi connectivity index (χ2n) is 12.3. The highest BCUT2D eigenvalue weighted by Crippen LogP contribution is 2.33. The molecule has 1 unspecified atom stereocenters. The van der Waals surface area contributed by atoms with Crippen LogP contribution in [0.25, 0.3) is 21.8 Å². The van der Waals surface area contributed by atoms with Gasteiger partial charge in [-0.25, -0.2) is 14.5 Å². The molecule has 0 saturated heterocycles. The maximum atomic E-state index is 14.4. The van der Waals surface area contributed by atoms with Crippen LogP contribution >= 0.6 is 0 Å². The zero-order valence-electron chi connectivity index (χ0n) is 30.2. The van der Waals surface area contributed by atoms with E-state index in [1.54, 1.807) is 72.8 Å². The van der Waals surface area contributed by atoms with Gasteiger partial charge in [0.05, 0.1) is 55.3 Å². The zero-order valence-corrected chi connectivity index (χ0v) is 30.2. The molecule has 5 N–H and O–H groups in total. The van der Waals surface area contributed by atoms with Gasteiger partial charge in [-0.3, -0.25) is 25.6 Å². The van der Waals surface area contributed by atoms with Gasteiger partial charge < -0.3 is 28.8 Å². The number of carbonyl (C=O) groups excluding carboxylic acids is 2. The number of para-hydroxylation sites is 3. The third kappa shape index (κ3) is 9.96. The number of H-pyrrole nitrogens is 1. The number of methoxy groups -OCH3 is 1. The molecule has 5 aromatic carbocycles. The van der Waals surface area contributed by atoms with E-state index in [9.17, 15) is 20.0 Å². The Kier molecular flexibility index (Phi) is 13.4. The minimum atomic E-state index is -1.09. The fourth-order valence-electron chi connectivity index (χ4n) is 6.16. The van der Waals surface area contributed by atoms with Crippen LogP contribution in [-0.2, 0) is 27.6 Å². The number of esters is 1. The van der Waals surface area contributed by atoms with E-state index >= 15 is 0 Å². The maximum Gasteiger partial charge on any atom is 0.338 e. The maximum absolute atomic E-state index is 14.4. The van der Waals surface area contributed by atoms with Crippen LogP contribution in [-0.4, -0.2) is 92.9 Å². The minimum absolute atomic E-state index is 0.000992. The van der Waals surface area contributed by atoms with Crippen LogP contribution in [0, 0.1) is 0 Å². The van der Waals surface area contributed by atoms with Gasteiger partial charge in [-0.15, -0.1) is 0 Å². The number of carbonyl (C=O) groups is 2. The number of hydrogen-bond donors (Lipinski definition) is 5. The van der Waals surface area contributed by atoms with E-state index in [0.717, 1.165) is 21.8 Å². The molecule has 292 valence electrons. The van der Waals surface area contributed by atoms with Crippen molar-refractivity contribution in [2.45, 2.75) is 19.3 Å². The predicted molar refractivity (Wildman–Crippen MR) is 198 cm³/mol. The van der Waals surface area contributed by atoms with Gasteiger partial charge in [-0.1, -0.05) is 72.8 Å². The van der Waals surface area contributed by atoms with Crippen LogP contribution in [0.1, 0.15) is 31.8 Å². The highest BCUT2D eigenvalue weighted by atomic mass is 17.1. The number of aromatic amines is 1. The number of aromatic nitrogens is 1. The molecule has 16 nitrogen and oxygen atoms in total. The third-order valence-corrected chi connectivity index (χ3v) is 8.75. The highest BCUT2D eigenvalue weighted by molar-refractivity contribution is 6.10. The van der Waals surface area contributed by atoms with Crippen molar-refractivity contribution in [3.8, 4) is 17.2 Å². The average molecular weight is 769 g/mol. The normalized spacial score (nSPS) is 11.9. The van der Waals surface area contributed by atoms with Gasteiger partial charge in [0.15, 0.2) is 17.6 Å². The minimum Gasteiger partial charge on any atom is -0.493 e. The first-order chi connectivity index (χ1) is 27.2. The molecule has 6 rings (SSSR count). The van der Waals surface area contributed by atoms with Crippen LogP contribution < -0.4 is 14.2 Å². The molecule has 0 aliphatic carbocycles. The molecule has 1 atom stereocenters. The Morgan fingerprint density at radius 1 is 0.661 bits per heavy atom. The lowest BCUT2D eigenvalue weighted by atomic mass is 10.1. The summed E-state index contributed by atoms with van der Waals surface area (Å²) in [6.45, 7) is -1.11. The van der Waals surface area contributed by atoms with Crippen molar-refractivity contribution in [3.05, 3.63) is 138 Å². The van der Waals surface area contributed by atoms with E-state index in [1.165, 1.54) is 18.1 Å². The number of benzene rings is 5. The number of amides is 1. The number of rotatable bonds is 19. The molecular formula is C40H40N4O12. The molecular weight excluding hydrogens is 728 g/mol. The third-order valence-electron chi connectivity index (χ3n) is 8.75. The van der Waals surface area contributed by atoms with Gasteiger partial charge in [-0.2, -0.15) is 0 Å². The first-order valence-electron chi connectivity index (χ1n) is 17.4. The van der Waals surface area contributed by atoms with Gasteiger partial charge in [0.2, 0.25) is 0 Å². The van der Waals surface area contributed by atoms with Crippen LogP contribution in [0.5, 0.6) is 17.2 Å². The van der Waals surface area contributed by atoms with Gasteiger partial charge in [0, 0.05) is 21.9 Å². The lowest BCUT2D eigenvalue weighted by Gasteiger charge is -2.29. The lowest BCUT2D eigenvalue weighted by molar-refractivity contribution is -0.497. The van der Waals surface area contributed by atoms with E-state index in [0.29, 0.717) is 28.4 Å². The van der Waals surface area contributed by atoms with Gasteiger partial charge in [0.25, 0.3) is 5.91 Å². The SMILES string of the molecule is COc1ccccc1OCCN(CC(COc1cccc2[nH]c3ccccc3c12)OC(=O)c1ccccc1CON(O)O)C(=O)c1ccccc1CON(O)O. The molecule has 0 saturated carbocycles. The van der Waals surface area contributed by atoms with Crippen molar-refractivity contribution in [1.29, 1.82) is 0 Å². The number of ether oxygens (including phenoxy) is 4. The molecule has 6 aromatic rings. The van der Waals surface area contributed by atoms with Crippen molar-refractivity contribution in [2.75, 3.05) is 33.4 Å². The lowest BCUT2D eigenvalue weighted by Crippen LogP contribution is -2.44. The Morgan fingerprint density at radius 3 is 1.96 bits per heavy atom. The van der Waals surface area contributed by atoms with Crippen molar-refractivity contribution < 1.29 is 59.0 Å². The predicted octanol–water partition coefficient (Wildman–Crippen LogP) is 6.18. The smallest absolute Gasteiger partial charge is 0.338 e. The summed E-state index contributed by atoms with van der Waals surface area (Å²) in [6, 6.07) is 33.2.